The van der Waals surface area contributed by atoms with Gasteiger partial charge in [-0.25, -0.2) is 15.6 Å². The molecule has 2 rings (SSSR count). The zero-order chi connectivity index (χ0) is 16.3. The molecule has 1 heterocycles. The van der Waals surface area contributed by atoms with Crippen LogP contribution in [0, 0.1) is 0 Å². The number of hydrogen-bond acceptors (Lipinski definition) is 5. The predicted molar refractivity (Wildman–Crippen MR) is 75.3 cm³/mol. The Morgan fingerprint density at radius 2 is 2.18 bits per heavy atom. The third-order valence-corrected chi connectivity index (χ3v) is 3.70. The highest BCUT2D eigenvalue weighted by Gasteiger charge is 2.32. The van der Waals surface area contributed by atoms with Crippen molar-refractivity contribution in [2.75, 3.05) is 0 Å². The average Bonchev–Trinajstić information content (AvgIpc) is 2.94. The summed E-state index contributed by atoms with van der Waals surface area (Å²) in [4.78, 5) is 15.5. The molecule has 118 valence electrons. The molecule has 2 aromatic rings. The van der Waals surface area contributed by atoms with Gasteiger partial charge in [0.05, 0.1) is 16.8 Å². The molecule has 1 aromatic carbocycles. The molecule has 0 bridgehead atoms. The highest BCUT2D eigenvalue weighted by molar-refractivity contribution is 7.13. The number of rotatable bonds is 3. The lowest BCUT2D eigenvalue weighted by molar-refractivity contribution is -0.137. The summed E-state index contributed by atoms with van der Waals surface area (Å²) < 4.78 is 43.2. The Morgan fingerprint density at radius 3 is 2.73 bits per heavy atom. The highest BCUT2D eigenvalue weighted by Crippen LogP contribution is 2.38. The van der Waals surface area contributed by atoms with E-state index in [9.17, 15) is 18.0 Å². The van der Waals surface area contributed by atoms with Crippen molar-refractivity contribution in [2.24, 2.45) is 5.84 Å². The fourth-order valence-electron chi connectivity index (χ4n) is 1.68. The molecule has 0 saturated heterocycles. The lowest BCUT2D eigenvalue weighted by Crippen LogP contribution is -2.33. The highest BCUT2D eigenvalue weighted by atomic mass is 32.1. The first-order valence-electron chi connectivity index (χ1n) is 6.19. The second kappa shape index (κ2) is 6.32. The molecule has 0 aliphatic heterocycles. The van der Waals surface area contributed by atoms with Gasteiger partial charge in [-0.1, -0.05) is 6.92 Å². The molecule has 0 saturated carbocycles. The molecule has 0 radical (unpaired) electrons. The van der Waals surface area contributed by atoms with Gasteiger partial charge in [-0.3, -0.25) is 5.43 Å². The second-order valence-corrected chi connectivity index (χ2v) is 5.10. The summed E-state index contributed by atoms with van der Waals surface area (Å²) in [6.07, 6.45) is -4.92. The topological polar surface area (TPSA) is 77.2 Å². The van der Waals surface area contributed by atoms with E-state index in [4.69, 9.17) is 10.6 Å². The Labute approximate surface area is 127 Å². The van der Waals surface area contributed by atoms with Gasteiger partial charge in [0.1, 0.15) is 10.8 Å². The Hall–Kier alpha value is -2.13. The molecule has 5 nitrogen and oxygen atoms in total. The van der Waals surface area contributed by atoms with Gasteiger partial charge in [0.25, 0.3) is 0 Å². The molecule has 3 N–H and O–H groups in total. The number of carbonyl (C=O) groups is 1. The first-order chi connectivity index (χ1) is 10.3. The van der Waals surface area contributed by atoms with Crippen LogP contribution in [-0.4, -0.2) is 11.1 Å². The molecule has 0 unspecified atom stereocenters. The maximum absolute atomic E-state index is 12.8. The number of nitrogens with two attached hydrogens (primary N) is 1. The number of nitrogens with one attached hydrogen (secondary N) is 1. The number of nitrogens with zero attached hydrogens (tertiary/aromatic N) is 1. The lowest BCUT2D eigenvalue weighted by Gasteiger charge is -2.12. The molecule has 0 aliphatic carbocycles. The average molecular weight is 331 g/mol. The van der Waals surface area contributed by atoms with Gasteiger partial charge in [0.2, 0.25) is 0 Å². The molecule has 1 amide bonds. The standard InChI is InChI=1S/C13H12F3N3O2S/c1-2-8-6-22-11(18-8)9-4-3-7(13(14,15)16)5-10(9)21-12(20)19-17/h3-6H,2,17H2,1H3,(H,19,20). The molecular weight excluding hydrogens is 319 g/mol. The molecule has 0 fully saturated rings. The number of ether oxygens (including phenoxy) is 1. The summed E-state index contributed by atoms with van der Waals surface area (Å²) in [5.41, 5.74) is 1.87. The van der Waals surface area contributed by atoms with Crippen molar-refractivity contribution >= 4 is 17.4 Å². The largest absolute Gasteiger partial charge is 0.426 e. The van der Waals surface area contributed by atoms with Gasteiger partial charge in [-0.2, -0.15) is 13.2 Å². The van der Waals surface area contributed by atoms with Gasteiger partial charge >= 0.3 is 12.3 Å². The van der Waals surface area contributed by atoms with Crippen LogP contribution in [0.15, 0.2) is 23.6 Å². The minimum Gasteiger partial charge on any atom is -0.409 e. The van der Waals surface area contributed by atoms with Crippen molar-refractivity contribution in [3.63, 3.8) is 0 Å². The van der Waals surface area contributed by atoms with E-state index < -0.39 is 17.8 Å². The van der Waals surface area contributed by atoms with Crippen molar-refractivity contribution in [3.05, 3.63) is 34.8 Å². The van der Waals surface area contributed by atoms with E-state index in [-0.39, 0.29) is 5.75 Å². The molecular formula is C13H12F3N3O2S. The number of thiazole rings is 1. The summed E-state index contributed by atoms with van der Waals surface area (Å²) in [5, 5.41) is 2.25. The van der Waals surface area contributed by atoms with Crippen molar-refractivity contribution < 1.29 is 22.7 Å². The van der Waals surface area contributed by atoms with E-state index >= 15 is 0 Å². The zero-order valence-electron chi connectivity index (χ0n) is 11.4. The van der Waals surface area contributed by atoms with Crippen LogP contribution in [0.4, 0.5) is 18.0 Å². The van der Waals surface area contributed by atoms with Crippen molar-refractivity contribution in [1.29, 1.82) is 0 Å². The smallest absolute Gasteiger partial charge is 0.409 e. The van der Waals surface area contributed by atoms with E-state index in [2.05, 4.69) is 4.98 Å². The first kappa shape index (κ1) is 16.2. The van der Waals surface area contributed by atoms with Gasteiger partial charge in [0.15, 0.2) is 0 Å². The number of hydrogen-bond donors (Lipinski definition) is 2. The van der Waals surface area contributed by atoms with Crippen molar-refractivity contribution in [1.82, 2.24) is 10.4 Å². The third-order valence-electron chi connectivity index (χ3n) is 2.77. The fraction of sp³-hybridized carbons (Fsp3) is 0.231. The summed E-state index contributed by atoms with van der Waals surface area (Å²) in [6.45, 7) is 1.91. The number of aryl methyl sites for hydroxylation is 1. The van der Waals surface area contributed by atoms with Crippen LogP contribution in [0.2, 0.25) is 0 Å². The van der Waals surface area contributed by atoms with E-state index in [0.717, 1.165) is 17.8 Å². The van der Waals surface area contributed by atoms with Crippen LogP contribution >= 0.6 is 11.3 Å². The molecule has 0 atom stereocenters. The maximum atomic E-state index is 12.8. The third kappa shape index (κ3) is 3.55. The number of halogens is 3. The summed E-state index contributed by atoms with van der Waals surface area (Å²) in [5.74, 6) is 4.64. The van der Waals surface area contributed by atoms with Crippen LogP contribution in [0.1, 0.15) is 18.2 Å². The van der Waals surface area contributed by atoms with Crippen LogP contribution in [-0.2, 0) is 12.6 Å². The number of alkyl halides is 3. The number of hydrazine groups is 1. The summed E-state index contributed by atoms with van der Waals surface area (Å²) in [7, 11) is 0. The molecule has 22 heavy (non-hydrogen) atoms. The van der Waals surface area contributed by atoms with Crippen LogP contribution in [0.5, 0.6) is 5.75 Å². The SMILES string of the molecule is CCc1csc(-c2ccc(C(F)(F)F)cc2OC(=O)NN)n1. The summed E-state index contributed by atoms with van der Waals surface area (Å²) >= 11 is 1.25. The maximum Gasteiger partial charge on any atom is 0.426 e. The Bertz CT molecular complexity index is 685. The van der Waals surface area contributed by atoms with E-state index in [1.54, 1.807) is 10.8 Å². The first-order valence-corrected chi connectivity index (χ1v) is 7.07. The Kier molecular flexibility index (Phi) is 4.67. The monoisotopic (exact) mass is 331 g/mol. The zero-order valence-corrected chi connectivity index (χ0v) is 12.2. The van der Waals surface area contributed by atoms with E-state index in [0.29, 0.717) is 17.0 Å². The van der Waals surface area contributed by atoms with Crippen molar-refractivity contribution in [2.45, 2.75) is 19.5 Å². The van der Waals surface area contributed by atoms with E-state index in [1.165, 1.54) is 17.4 Å². The number of benzene rings is 1. The minimum absolute atomic E-state index is 0.255. The quantitative estimate of drug-likeness (QED) is 0.514. The minimum atomic E-state index is -4.55. The molecule has 0 spiro atoms. The van der Waals surface area contributed by atoms with Crippen LogP contribution in [0.3, 0.4) is 0 Å². The molecule has 1 aromatic heterocycles. The normalized spacial score (nSPS) is 11.3. The Balaban J connectivity index is 2.49. The molecule has 0 aliphatic rings. The molecule has 9 heteroatoms. The van der Waals surface area contributed by atoms with Gasteiger partial charge < -0.3 is 4.74 Å². The van der Waals surface area contributed by atoms with Crippen LogP contribution < -0.4 is 16.0 Å². The number of carbonyl (C=O) groups excluding carboxylic acids is 1. The number of amides is 1. The van der Waals surface area contributed by atoms with Gasteiger partial charge in [0, 0.05) is 5.38 Å². The fourth-order valence-corrected chi connectivity index (χ4v) is 2.61. The van der Waals surface area contributed by atoms with Crippen LogP contribution in [0.25, 0.3) is 10.6 Å². The summed E-state index contributed by atoms with van der Waals surface area (Å²) in [6, 6.07) is 2.88. The predicted octanol–water partition coefficient (Wildman–Crippen LogP) is 3.35. The van der Waals surface area contributed by atoms with Gasteiger partial charge in [-0.15, -0.1) is 11.3 Å². The second-order valence-electron chi connectivity index (χ2n) is 4.24. The Morgan fingerprint density at radius 1 is 1.45 bits per heavy atom. The number of aromatic nitrogens is 1. The lowest BCUT2D eigenvalue weighted by atomic mass is 10.1. The van der Waals surface area contributed by atoms with Gasteiger partial charge in [-0.05, 0) is 24.6 Å². The van der Waals surface area contributed by atoms with E-state index in [1.807, 2.05) is 6.92 Å². The van der Waals surface area contributed by atoms with Crippen molar-refractivity contribution in [3.8, 4) is 16.3 Å².